The minimum Gasteiger partial charge on any atom is -0.464 e. The third kappa shape index (κ3) is 4.43. The zero-order valence-corrected chi connectivity index (χ0v) is 13.8. The van der Waals surface area contributed by atoms with Crippen LogP contribution >= 0.6 is 0 Å². The van der Waals surface area contributed by atoms with Gasteiger partial charge in [0.2, 0.25) is 5.91 Å². The van der Waals surface area contributed by atoms with Gasteiger partial charge in [-0.3, -0.25) is 9.69 Å². The smallest absolute Gasteiger partial charge is 0.328 e. The molecule has 0 bridgehead atoms. The minimum absolute atomic E-state index is 0.0496. The zero-order valence-electron chi connectivity index (χ0n) is 13.8. The summed E-state index contributed by atoms with van der Waals surface area (Å²) in [5.74, 6) is -0.206. The topological polar surface area (TPSA) is 59.1 Å². The number of methoxy groups -OCH3 is 1. The molecule has 22 heavy (non-hydrogen) atoms. The second kappa shape index (κ2) is 8.48. The van der Waals surface area contributed by atoms with Gasteiger partial charge in [-0.15, -0.1) is 0 Å². The molecule has 6 heteroatoms. The Balaban J connectivity index is 1.88. The van der Waals surface area contributed by atoms with E-state index < -0.39 is 6.04 Å². The molecule has 0 radical (unpaired) electrons. The lowest BCUT2D eigenvalue weighted by Crippen LogP contribution is -2.52. The fourth-order valence-corrected chi connectivity index (χ4v) is 3.30. The predicted molar refractivity (Wildman–Crippen MR) is 82.5 cm³/mol. The van der Waals surface area contributed by atoms with E-state index in [1.165, 1.54) is 0 Å². The van der Waals surface area contributed by atoms with E-state index in [-0.39, 0.29) is 11.9 Å². The van der Waals surface area contributed by atoms with Crippen molar-refractivity contribution < 1.29 is 19.1 Å². The number of rotatable bonds is 5. The first kappa shape index (κ1) is 17.2. The number of amides is 1. The van der Waals surface area contributed by atoms with Gasteiger partial charge in [0.15, 0.2) is 0 Å². The molecular formula is C16H28N2O4. The lowest BCUT2D eigenvalue weighted by molar-refractivity contribution is -0.157. The summed E-state index contributed by atoms with van der Waals surface area (Å²) in [4.78, 5) is 28.5. The maximum atomic E-state index is 12.6. The molecule has 2 saturated heterocycles. The van der Waals surface area contributed by atoms with Gasteiger partial charge < -0.3 is 14.4 Å². The Kier molecular flexibility index (Phi) is 6.64. The van der Waals surface area contributed by atoms with E-state index in [9.17, 15) is 9.59 Å². The Morgan fingerprint density at radius 2 is 1.82 bits per heavy atom. The normalized spacial score (nSPS) is 24.3. The van der Waals surface area contributed by atoms with E-state index in [0.717, 1.165) is 45.2 Å². The molecule has 1 amide bonds. The molecule has 6 nitrogen and oxygen atoms in total. The Morgan fingerprint density at radius 1 is 1.09 bits per heavy atom. The summed E-state index contributed by atoms with van der Waals surface area (Å²) in [6.07, 6.45) is 4.90. The van der Waals surface area contributed by atoms with Crippen LogP contribution in [0.25, 0.3) is 0 Å². The van der Waals surface area contributed by atoms with E-state index in [1.807, 2.05) is 0 Å². The van der Waals surface area contributed by atoms with Crippen molar-refractivity contribution in [2.75, 3.05) is 39.9 Å². The molecule has 2 aliphatic heterocycles. The van der Waals surface area contributed by atoms with Gasteiger partial charge in [-0.25, -0.2) is 4.79 Å². The Labute approximate surface area is 132 Å². The number of hydrogen-bond donors (Lipinski definition) is 0. The van der Waals surface area contributed by atoms with Gasteiger partial charge in [-0.05, 0) is 39.0 Å². The standard InChI is InChI=1S/C16H28N2O4/c1-3-22-16(20)14-6-4-5-9-18(14)15(19)12-17-10-7-13(21-2)8-11-17/h13-14H,3-12H2,1-2H3. The van der Waals surface area contributed by atoms with Crippen LogP contribution < -0.4 is 0 Å². The van der Waals surface area contributed by atoms with E-state index >= 15 is 0 Å². The van der Waals surface area contributed by atoms with Crippen molar-refractivity contribution in [3.05, 3.63) is 0 Å². The number of carbonyl (C=O) groups excluding carboxylic acids is 2. The number of carbonyl (C=O) groups is 2. The van der Waals surface area contributed by atoms with Crippen LogP contribution in [-0.4, -0.2) is 73.7 Å². The van der Waals surface area contributed by atoms with Gasteiger partial charge in [-0.1, -0.05) is 0 Å². The van der Waals surface area contributed by atoms with Crippen molar-refractivity contribution >= 4 is 11.9 Å². The highest BCUT2D eigenvalue weighted by molar-refractivity contribution is 5.85. The maximum absolute atomic E-state index is 12.6. The van der Waals surface area contributed by atoms with Crippen LogP contribution in [0.15, 0.2) is 0 Å². The number of esters is 1. The summed E-state index contributed by atoms with van der Waals surface area (Å²) in [6.45, 7) is 4.97. The average Bonchev–Trinajstić information content (AvgIpc) is 2.55. The van der Waals surface area contributed by atoms with Crippen molar-refractivity contribution in [1.82, 2.24) is 9.80 Å². The highest BCUT2D eigenvalue weighted by Crippen LogP contribution is 2.20. The van der Waals surface area contributed by atoms with Crippen LogP contribution in [0.1, 0.15) is 39.0 Å². The third-order valence-electron chi connectivity index (χ3n) is 4.61. The Hall–Kier alpha value is -1.14. The first-order chi connectivity index (χ1) is 10.7. The highest BCUT2D eigenvalue weighted by Gasteiger charge is 2.34. The van der Waals surface area contributed by atoms with Gasteiger partial charge in [0.05, 0.1) is 19.3 Å². The number of piperidine rings is 2. The van der Waals surface area contributed by atoms with Crippen LogP contribution in [0.2, 0.25) is 0 Å². The molecule has 2 heterocycles. The molecular weight excluding hydrogens is 284 g/mol. The second-order valence-electron chi connectivity index (χ2n) is 6.06. The van der Waals surface area contributed by atoms with E-state index in [1.54, 1.807) is 18.9 Å². The molecule has 126 valence electrons. The molecule has 0 aromatic heterocycles. The molecule has 0 spiro atoms. The molecule has 0 aliphatic carbocycles. The monoisotopic (exact) mass is 312 g/mol. The van der Waals surface area contributed by atoms with Gasteiger partial charge in [0, 0.05) is 26.7 Å². The van der Waals surface area contributed by atoms with Gasteiger partial charge in [0.25, 0.3) is 0 Å². The Bertz CT molecular complexity index is 380. The molecule has 2 rings (SSSR count). The number of hydrogen-bond acceptors (Lipinski definition) is 5. The van der Waals surface area contributed by atoms with E-state index in [2.05, 4.69) is 4.90 Å². The zero-order chi connectivity index (χ0) is 15.9. The first-order valence-corrected chi connectivity index (χ1v) is 8.37. The fourth-order valence-electron chi connectivity index (χ4n) is 3.30. The molecule has 2 fully saturated rings. The Morgan fingerprint density at radius 3 is 2.45 bits per heavy atom. The molecule has 2 aliphatic rings. The van der Waals surface area contributed by atoms with Gasteiger partial charge in [-0.2, -0.15) is 0 Å². The predicted octanol–water partition coefficient (Wildman–Crippen LogP) is 1.04. The second-order valence-corrected chi connectivity index (χ2v) is 6.06. The van der Waals surface area contributed by atoms with Crippen molar-refractivity contribution in [3.8, 4) is 0 Å². The number of nitrogens with zero attached hydrogens (tertiary/aromatic N) is 2. The maximum Gasteiger partial charge on any atom is 0.328 e. The summed E-state index contributed by atoms with van der Waals surface area (Å²) in [5.41, 5.74) is 0. The molecule has 0 saturated carbocycles. The lowest BCUT2D eigenvalue weighted by Gasteiger charge is -2.37. The lowest BCUT2D eigenvalue weighted by atomic mass is 10.0. The SMILES string of the molecule is CCOC(=O)C1CCCCN1C(=O)CN1CCC(OC)CC1. The quantitative estimate of drug-likeness (QED) is 0.710. The molecule has 0 aromatic rings. The van der Waals surface area contributed by atoms with Crippen molar-refractivity contribution in [2.24, 2.45) is 0 Å². The minimum atomic E-state index is -0.391. The molecule has 1 atom stereocenters. The summed E-state index contributed by atoms with van der Waals surface area (Å²) in [6, 6.07) is -0.391. The van der Waals surface area contributed by atoms with Crippen LogP contribution in [0.5, 0.6) is 0 Å². The largest absolute Gasteiger partial charge is 0.464 e. The van der Waals surface area contributed by atoms with Crippen LogP contribution in [0, 0.1) is 0 Å². The molecule has 1 unspecified atom stereocenters. The van der Waals surface area contributed by atoms with Crippen LogP contribution in [0.4, 0.5) is 0 Å². The van der Waals surface area contributed by atoms with Crippen LogP contribution in [-0.2, 0) is 19.1 Å². The van der Waals surface area contributed by atoms with Crippen molar-refractivity contribution in [1.29, 1.82) is 0 Å². The van der Waals surface area contributed by atoms with E-state index in [0.29, 0.717) is 25.8 Å². The van der Waals surface area contributed by atoms with Crippen LogP contribution in [0.3, 0.4) is 0 Å². The summed E-state index contributed by atoms with van der Waals surface area (Å²) in [5, 5.41) is 0. The molecule has 0 aromatic carbocycles. The van der Waals surface area contributed by atoms with Gasteiger partial charge >= 0.3 is 5.97 Å². The fraction of sp³-hybridized carbons (Fsp3) is 0.875. The average molecular weight is 312 g/mol. The van der Waals surface area contributed by atoms with Crippen molar-refractivity contribution in [3.63, 3.8) is 0 Å². The third-order valence-corrected chi connectivity index (χ3v) is 4.61. The summed E-state index contributed by atoms with van der Waals surface area (Å²) >= 11 is 0. The number of ether oxygens (including phenoxy) is 2. The van der Waals surface area contributed by atoms with Gasteiger partial charge in [0.1, 0.15) is 6.04 Å². The van der Waals surface area contributed by atoms with E-state index in [4.69, 9.17) is 9.47 Å². The number of likely N-dealkylation sites (tertiary alicyclic amines) is 2. The first-order valence-electron chi connectivity index (χ1n) is 8.37. The summed E-state index contributed by atoms with van der Waals surface area (Å²) in [7, 11) is 1.74. The molecule has 0 N–H and O–H groups in total. The summed E-state index contributed by atoms with van der Waals surface area (Å²) < 4.78 is 10.5. The highest BCUT2D eigenvalue weighted by atomic mass is 16.5. The van der Waals surface area contributed by atoms with Crippen molar-refractivity contribution in [2.45, 2.75) is 51.2 Å².